The summed E-state index contributed by atoms with van der Waals surface area (Å²) in [6, 6.07) is 5.24. The molecule has 2 rings (SSSR count). The predicted molar refractivity (Wildman–Crippen MR) is 68.5 cm³/mol. The Labute approximate surface area is 108 Å². The van der Waals surface area contributed by atoms with E-state index in [0.29, 0.717) is 0 Å². The molecule has 0 aliphatic carbocycles. The number of carbonyl (C=O) groups is 2. The number of nitrogens with zero attached hydrogens (tertiary/aromatic N) is 2. The molecule has 0 radical (unpaired) electrons. The Kier molecular flexibility index (Phi) is 3.83. The average molecular weight is 264 g/mol. The van der Waals surface area contributed by atoms with Gasteiger partial charge in [0.15, 0.2) is 5.16 Å². The molecule has 7 heteroatoms. The fraction of sp³-hybridized carbons (Fsp3) is 0.182. The normalized spacial score (nSPS) is 10.3. The molecular weight excluding hydrogens is 252 g/mol. The van der Waals surface area contributed by atoms with Gasteiger partial charge in [-0.2, -0.15) is 0 Å². The zero-order valence-electron chi connectivity index (χ0n) is 9.71. The molecule has 0 bridgehead atoms. The Morgan fingerprint density at radius 2 is 2.28 bits per heavy atom. The van der Waals surface area contributed by atoms with E-state index >= 15 is 0 Å². The molecule has 6 nitrogen and oxygen atoms in total. The van der Waals surface area contributed by atoms with Gasteiger partial charge in [0.05, 0.1) is 17.5 Å². The fourth-order valence-electron chi connectivity index (χ4n) is 1.38. The van der Waals surface area contributed by atoms with E-state index in [0.717, 1.165) is 10.7 Å². The molecule has 3 amide bonds. The first-order valence-electron chi connectivity index (χ1n) is 5.27. The van der Waals surface area contributed by atoms with Crippen molar-refractivity contribution in [1.82, 2.24) is 20.0 Å². The second kappa shape index (κ2) is 5.54. The molecule has 0 fully saturated rings. The summed E-state index contributed by atoms with van der Waals surface area (Å²) in [6.07, 6.45) is 3.61. The summed E-state index contributed by atoms with van der Waals surface area (Å²) in [7, 11) is 1.46. The Balaban J connectivity index is 1.98. The highest BCUT2D eigenvalue weighted by Crippen LogP contribution is 2.17. The van der Waals surface area contributed by atoms with Gasteiger partial charge in [-0.25, -0.2) is 9.78 Å². The highest BCUT2D eigenvalue weighted by molar-refractivity contribution is 7.99. The quantitative estimate of drug-likeness (QED) is 0.807. The van der Waals surface area contributed by atoms with Crippen LogP contribution in [-0.4, -0.2) is 34.1 Å². The smallest absolute Gasteiger partial charge is 0.321 e. The molecule has 0 aliphatic heterocycles. The van der Waals surface area contributed by atoms with E-state index in [1.807, 2.05) is 28.8 Å². The number of fused-ring (bicyclic) bond motifs is 1. The highest BCUT2D eigenvalue weighted by atomic mass is 32.2. The minimum Gasteiger partial charge on any atom is -0.341 e. The predicted octanol–water partition coefficient (Wildman–Crippen LogP) is 0.882. The van der Waals surface area contributed by atoms with Crippen LogP contribution in [0, 0.1) is 0 Å². The van der Waals surface area contributed by atoms with Crippen molar-refractivity contribution in [2.75, 3.05) is 12.8 Å². The molecule has 2 N–H and O–H groups in total. The number of imide groups is 1. The van der Waals surface area contributed by atoms with E-state index in [4.69, 9.17) is 0 Å². The number of imidazole rings is 1. The summed E-state index contributed by atoms with van der Waals surface area (Å²) >= 11 is 1.28. The number of rotatable bonds is 3. The molecular formula is C11H12N4O2S. The lowest BCUT2D eigenvalue weighted by molar-refractivity contribution is -0.117. The lowest BCUT2D eigenvalue weighted by Crippen LogP contribution is -2.38. The largest absolute Gasteiger partial charge is 0.341 e. The maximum absolute atomic E-state index is 11.4. The van der Waals surface area contributed by atoms with Gasteiger partial charge in [-0.05, 0) is 12.1 Å². The number of hydrogen-bond donors (Lipinski definition) is 2. The Morgan fingerprint density at radius 3 is 3.06 bits per heavy atom. The van der Waals surface area contributed by atoms with Crippen molar-refractivity contribution < 1.29 is 9.59 Å². The molecule has 0 aromatic carbocycles. The number of aromatic nitrogens is 2. The van der Waals surface area contributed by atoms with Crippen molar-refractivity contribution in [2.24, 2.45) is 0 Å². The Bertz CT molecular complexity index is 581. The maximum Gasteiger partial charge on any atom is 0.321 e. The lowest BCUT2D eigenvalue weighted by atomic mass is 10.4. The van der Waals surface area contributed by atoms with E-state index in [9.17, 15) is 9.59 Å². The van der Waals surface area contributed by atoms with E-state index in [1.165, 1.54) is 18.8 Å². The molecule has 2 aromatic heterocycles. The number of nitrogens with one attached hydrogen (secondary N) is 2. The summed E-state index contributed by atoms with van der Waals surface area (Å²) in [6.45, 7) is 0. The molecule has 2 heterocycles. The van der Waals surface area contributed by atoms with Crippen molar-refractivity contribution in [2.45, 2.75) is 5.16 Å². The molecule has 2 aromatic rings. The van der Waals surface area contributed by atoms with Crippen LogP contribution in [0.2, 0.25) is 0 Å². The number of thioether (sulfide) groups is 1. The van der Waals surface area contributed by atoms with Crippen LogP contribution in [0.3, 0.4) is 0 Å². The zero-order chi connectivity index (χ0) is 13.0. The third-order valence-corrected chi connectivity index (χ3v) is 3.18. The van der Waals surface area contributed by atoms with Crippen molar-refractivity contribution in [3.63, 3.8) is 0 Å². The van der Waals surface area contributed by atoms with Gasteiger partial charge in [0.2, 0.25) is 5.91 Å². The van der Waals surface area contributed by atoms with E-state index in [1.54, 1.807) is 6.20 Å². The first-order chi connectivity index (χ1) is 8.70. The van der Waals surface area contributed by atoms with Gasteiger partial charge >= 0.3 is 6.03 Å². The molecule has 94 valence electrons. The van der Waals surface area contributed by atoms with E-state index in [-0.39, 0.29) is 11.7 Å². The Morgan fingerprint density at radius 1 is 1.44 bits per heavy atom. The second-order valence-electron chi connectivity index (χ2n) is 3.45. The number of urea groups is 1. The van der Waals surface area contributed by atoms with Crippen LogP contribution in [-0.2, 0) is 4.79 Å². The summed E-state index contributed by atoms with van der Waals surface area (Å²) in [5.41, 5.74) is 0.965. The molecule has 18 heavy (non-hydrogen) atoms. The average Bonchev–Trinajstić information content (AvgIpc) is 2.79. The van der Waals surface area contributed by atoms with Gasteiger partial charge in [-0.1, -0.05) is 17.8 Å². The first kappa shape index (κ1) is 12.4. The lowest BCUT2D eigenvalue weighted by Gasteiger charge is -2.02. The summed E-state index contributed by atoms with van der Waals surface area (Å²) in [4.78, 5) is 26.5. The van der Waals surface area contributed by atoms with Crippen LogP contribution in [0.4, 0.5) is 4.79 Å². The van der Waals surface area contributed by atoms with E-state index < -0.39 is 6.03 Å². The van der Waals surface area contributed by atoms with Gasteiger partial charge in [-0.15, -0.1) is 0 Å². The fourth-order valence-corrected chi connectivity index (χ4v) is 2.15. The minimum atomic E-state index is -0.506. The first-order valence-corrected chi connectivity index (χ1v) is 6.25. The number of pyridine rings is 1. The molecule has 0 saturated heterocycles. The number of hydrogen-bond acceptors (Lipinski definition) is 4. The number of carbonyl (C=O) groups excluding carboxylic acids is 2. The summed E-state index contributed by atoms with van der Waals surface area (Å²) in [5, 5.41) is 5.23. The van der Waals surface area contributed by atoms with Gasteiger partial charge in [0, 0.05) is 13.2 Å². The van der Waals surface area contributed by atoms with Gasteiger partial charge in [-0.3, -0.25) is 14.5 Å². The van der Waals surface area contributed by atoms with Crippen LogP contribution in [0.5, 0.6) is 0 Å². The number of amides is 3. The highest BCUT2D eigenvalue weighted by Gasteiger charge is 2.09. The molecule has 0 saturated carbocycles. The van der Waals surface area contributed by atoms with Crippen molar-refractivity contribution in [1.29, 1.82) is 0 Å². The van der Waals surface area contributed by atoms with Crippen LogP contribution >= 0.6 is 11.8 Å². The maximum atomic E-state index is 11.4. The second-order valence-corrected chi connectivity index (χ2v) is 4.39. The molecule has 0 unspecified atom stereocenters. The van der Waals surface area contributed by atoms with Gasteiger partial charge in [0.1, 0.15) is 0 Å². The summed E-state index contributed by atoms with van der Waals surface area (Å²) in [5.74, 6) is -0.214. The monoisotopic (exact) mass is 264 g/mol. The third-order valence-electron chi connectivity index (χ3n) is 2.22. The minimum absolute atomic E-state index is 0.140. The van der Waals surface area contributed by atoms with Crippen LogP contribution < -0.4 is 10.6 Å². The third kappa shape index (κ3) is 2.80. The standard InChI is InChI=1S/C11H12N4O2S/c1-12-10(17)14-9(16)7-18-11-13-6-8-4-2-3-5-15(8)11/h2-6H,7H2,1H3,(H2,12,14,16,17). The van der Waals surface area contributed by atoms with Crippen molar-refractivity contribution in [3.8, 4) is 0 Å². The zero-order valence-corrected chi connectivity index (χ0v) is 10.5. The van der Waals surface area contributed by atoms with Crippen LogP contribution in [0.25, 0.3) is 5.52 Å². The van der Waals surface area contributed by atoms with Gasteiger partial charge < -0.3 is 5.32 Å². The SMILES string of the molecule is CNC(=O)NC(=O)CSc1ncc2ccccn12. The van der Waals surface area contributed by atoms with E-state index in [2.05, 4.69) is 15.6 Å². The topological polar surface area (TPSA) is 75.5 Å². The van der Waals surface area contributed by atoms with Crippen molar-refractivity contribution >= 4 is 29.2 Å². The van der Waals surface area contributed by atoms with Crippen LogP contribution in [0.15, 0.2) is 35.7 Å². The summed E-state index contributed by atoms with van der Waals surface area (Å²) < 4.78 is 1.89. The molecule has 0 aliphatic rings. The molecule has 0 atom stereocenters. The Hall–Kier alpha value is -2.02. The molecule has 0 spiro atoms. The van der Waals surface area contributed by atoms with Gasteiger partial charge in [0.25, 0.3) is 0 Å². The van der Waals surface area contributed by atoms with Crippen LogP contribution in [0.1, 0.15) is 0 Å². The van der Waals surface area contributed by atoms with Crippen molar-refractivity contribution in [3.05, 3.63) is 30.6 Å².